The molecule has 2 aliphatic carbocycles. The molecule has 0 aromatic heterocycles. The molecule has 2 spiro atoms. The average Bonchev–Trinajstić information content (AvgIpc) is 3.36. The molecule has 0 amide bonds. The molecule has 11 rings (SSSR count). The lowest BCUT2D eigenvalue weighted by Crippen LogP contribution is -2.57. The second-order valence-corrected chi connectivity index (χ2v) is 15.4. The third-order valence-corrected chi connectivity index (χ3v) is 13.2. The van der Waals surface area contributed by atoms with Gasteiger partial charge in [0.1, 0.15) is 23.0 Å². The Morgan fingerprint density at radius 3 is 1.25 bits per heavy atom. The monoisotopic (exact) mass is 663 g/mol. The van der Waals surface area contributed by atoms with Crippen molar-refractivity contribution >= 4 is 0 Å². The normalized spacial score (nSPS) is 19.3. The molecule has 0 unspecified atom stereocenters. The van der Waals surface area contributed by atoms with Crippen LogP contribution in [0.3, 0.4) is 0 Å². The Labute approximate surface area is 300 Å². The highest BCUT2D eigenvalue weighted by Crippen LogP contribution is 2.72. The highest BCUT2D eigenvalue weighted by atomic mass is 16.5. The molecular formula is C48H41NO2. The molecule has 250 valence electrons. The summed E-state index contributed by atoms with van der Waals surface area (Å²) in [5, 5.41) is 0. The predicted octanol–water partition coefficient (Wildman–Crippen LogP) is 11.5. The van der Waals surface area contributed by atoms with E-state index >= 15 is 0 Å². The van der Waals surface area contributed by atoms with Gasteiger partial charge in [-0.05, 0) is 83.3 Å². The van der Waals surface area contributed by atoms with Crippen LogP contribution in [0.15, 0.2) is 133 Å². The molecule has 1 atom stereocenters. The SMILES string of the molecule is C[C@@H](C1CCCCC1)N1Cc2cccc3c2-c2c(cccc2C2(c4ccccc4Oc4ccccc42)C32c3ccccc3Oc3ccccc32)C1. The van der Waals surface area contributed by atoms with Gasteiger partial charge in [0.25, 0.3) is 0 Å². The van der Waals surface area contributed by atoms with E-state index in [1.807, 2.05) is 0 Å². The minimum absolute atomic E-state index is 0.508. The first-order valence-electron chi connectivity index (χ1n) is 18.9. The van der Waals surface area contributed by atoms with Gasteiger partial charge in [0.05, 0.1) is 10.8 Å². The third-order valence-electron chi connectivity index (χ3n) is 13.2. The Kier molecular flexibility index (Phi) is 6.35. The van der Waals surface area contributed by atoms with Gasteiger partial charge in [-0.3, -0.25) is 4.90 Å². The Morgan fingerprint density at radius 1 is 0.471 bits per heavy atom. The van der Waals surface area contributed by atoms with Crippen LogP contribution >= 0.6 is 0 Å². The van der Waals surface area contributed by atoms with Crippen LogP contribution in [0.25, 0.3) is 11.1 Å². The van der Waals surface area contributed by atoms with Crippen molar-refractivity contribution in [2.45, 2.75) is 69.0 Å². The lowest BCUT2D eigenvalue weighted by Gasteiger charge is -2.59. The summed E-state index contributed by atoms with van der Waals surface area (Å²) in [7, 11) is 0. The number of fused-ring (bicyclic) bond motifs is 11. The minimum Gasteiger partial charge on any atom is -0.457 e. The molecular weight excluding hydrogens is 623 g/mol. The zero-order chi connectivity index (χ0) is 33.7. The standard InChI is InChI=1S/C48H41NO2/c1-31(32-15-3-2-4-16-32)49-29-33-17-13-23-39-45(33)46-34(30-49)18-14-24-40(46)48(37-21-7-11-27-43(37)51-44-28-12-8-22-38(44)48)47(39)35-19-5-9-25-41(35)50-42-26-10-6-20-36(42)47/h5-14,17-28,31-32H,2-4,15-16,29-30H2,1H3/t31-/m0/s1. The molecule has 3 aliphatic heterocycles. The fourth-order valence-corrected chi connectivity index (χ4v) is 11.2. The summed E-state index contributed by atoms with van der Waals surface area (Å²) >= 11 is 0. The zero-order valence-corrected chi connectivity index (χ0v) is 29.1. The molecule has 3 nitrogen and oxygen atoms in total. The highest BCUT2D eigenvalue weighted by Gasteiger charge is 2.66. The van der Waals surface area contributed by atoms with E-state index in [0.717, 1.165) is 42.0 Å². The summed E-state index contributed by atoms with van der Waals surface area (Å²) in [4.78, 5) is 2.80. The van der Waals surface area contributed by atoms with E-state index in [1.54, 1.807) is 0 Å². The summed E-state index contributed by atoms with van der Waals surface area (Å²) < 4.78 is 13.8. The van der Waals surface area contributed by atoms with Crippen LogP contribution in [0, 0.1) is 5.92 Å². The van der Waals surface area contributed by atoms with Crippen molar-refractivity contribution in [1.82, 2.24) is 4.90 Å². The van der Waals surface area contributed by atoms with Crippen molar-refractivity contribution in [1.29, 1.82) is 0 Å². The number of rotatable bonds is 2. The topological polar surface area (TPSA) is 21.7 Å². The molecule has 3 heteroatoms. The summed E-state index contributed by atoms with van der Waals surface area (Å²) in [6.45, 7) is 4.38. The van der Waals surface area contributed by atoms with Crippen LogP contribution in [-0.2, 0) is 23.9 Å². The summed E-state index contributed by atoms with van der Waals surface area (Å²) in [5.41, 5.74) is 11.7. The smallest absolute Gasteiger partial charge is 0.131 e. The van der Waals surface area contributed by atoms with Crippen molar-refractivity contribution in [3.8, 4) is 34.1 Å². The van der Waals surface area contributed by atoms with E-state index in [0.29, 0.717) is 6.04 Å². The number of hydrogen-bond donors (Lipinski definition) is 0. The van der Waals surface area contributed by atoms with Crippen LogP contribution in [0.1, 0.15) is 83.5 Å². The fourth-order valence-electron chi connectivity index (χ4n) is 11.2. The van der Waals surface area contributed by atoms with E-state index in [1.165, 1.54) is 87.7 Å². The van der Waals surface area contributed by atoms with Crippen LogP contribution in [0.4, 0.5) is 0 Å². The molecule has 6 aromatic rings. The molecule has 0 N–H and O–H groups in total. The summed E-state index contributed by atoms with van der Waals surface area (Å²) in [5.74, 6) is 4.39. The van der Waals surface area contributed by atoms with Crippen LogP contribution in [0.2, 0.25) is 0 Å². The van der Waals surface area contributed by atoms with E-state index in [2.05, 4.69) is 145 Å². The maximum atomic E-state index is 6.89. The molecule has 51 heavy (non-hydrogen) atoms. The van der Waals surface area contributed by atoms with Crippen molar-refractivity contribution in [2.75, 3.05) is 0 Å². The van der Waals surface area contributed by atoms with Gasteiger partial charge >= 0.3 is 0 Å². The molecule has 5 aliphatic rings. The number of ether oxygens (including phenoxy) is 2. The largest absolute Gasteiger partial charge is 0.457 e. The average molecular weight is 664 g/mol. The lowest BCUT2D eigenvalue weighted by molar-refractivity contribution is 0.116. The van der Waals surface area contributed by atoms with Crippen LogP contribution in [-0.4, -0.2) is 10.9 Å². The van der Waals surface area contributed by atoms with E-state index in [-0.39, 0.29) is 0 Å². The Morgan fingerprint density at radius 2 is 0.843 bits per heavy atom. The number of nitrogens with zero attached hydrogens (tertiary/aromatic N) is 1. The number of hydrogen-bond acceptors (Lipinski definition) is 3. The van der Waals surface area contributed by atoms with Gasteiger partial charge in [0.2, 0.25) is 0 Å². The van der Waals surface area contributed by atoms with Crippen LogP contribution < -0.4 is 9.47 Å². The Hall–Kier alpha value is -5.12. The van der Waals surface area contributed by atoms with Gasteiger partial charge < -0.3 is 9.47 Å². The van der Waals surface area contributed by atoms with Crippen molar-refractivity contribution < 1.29 is 9.47 Å². The molecule has 6 aromatic carbocycles. The highest BCUT2D eigenvalue weighted by molar-refractivity contribution is 5.92. The second kappa shape index (κ2) is 10.9. The molecule has 0 saturated heterocycles. The molecule has 3 heterocycles. The maximum Gasteiger partial charge on any atom is 0.131 e. The fraction of sp³-hybridized carbons (Fsp3) is 0.250. The van der Waals surface area contributed by atoms with Gasteiger partial charge in [0, 0.05) is 41.4 Å². The molecule has 0 radical (unpaired) electrons. The quantitative estimate of drug-likeness (QED) is 0.184. The van der Waals surface area contributed by atoms with E-state index in [9.17, 15) is 0 Å². The van der Waals surface area contributed by atoms with Gasteiger partial charge in [-0.2, -0.15) is 0 Å². The van der Waals surface area contributed by atoms with E-state index in [4.69, 9.17) is 9.47 Å². The van der Waals surface area contributed by atoms with Crippen molar-refractivity contribution in [3.05, 3.63) is 178 Å². The second-order valence-electron chi connectivity index (χ2n) is 15.4. The van der Waals surface area contributed by atoms with Gasteiger partial charge in [-0.25, -0.2) is 0 Å². The number of benzene rings is 6. The maximum absolute atomic E-state index is 6.89. The Bertz CT molecular complexity index is 2120. The van der Waals surface area contributed by atoms with Gasteiger partial charge in [0.15, 0.2) is 0 Å². The first kappa shape index (κ1) is 29.6. The van der Waals surface area contributed by atoms with Gasteiger partial charge in [-0.1, -0.05) is 128 Å². The Balaban J connectivity index is 1.34. The van der Waals surface area contributed by atoms with Crippen molar-refractivity contribution in [3.63, 3.8) is 0 Å². The van der Waals surface area contributed by atoms with Gasteiger partial charge in [-0.15, -0.1) is 0 Å². The summed E-state index contributed by atoms with van der Waals surface area (Å²) in [6.07, 6.45) is 6.77. The summed E-state index contributed by atoms with van der Waals surface area (Å²) in [6, 6.07) is 50.1. The minimum atomic E-state index is -0.685. The lowest BCUT2D eigenvalue weighted by atomic mass is 9.42. The molecule has 1 saturated carbocycles. The molecule has 1 fully saturated rings. The number of para-hydroxylation sites is 4. The third kappa shape index (κ3) is 3.77. The van der Waals surface area contributed by atoms with E-state index < -0.39 is 10.8 Å². The molecule has 0 bridgehead atoms. The van der Waals surface area contributed by atoms with Crippen LogP contribution in [0.5, 0.6) is 23.0 Å². The first-order valence-corrected chi connectivity index (χ1v) is 18.9. The predicted molar refractivity (Wildman–Crippen MR) is 203 cm³/mol. The van der Waals surface area contributed by atoms with Crippen molar-refractivity contribution in [2.24, 2.45) is 5.92 Å². The zero-order valence-electron chi connectivity index (χ0n) is 29.1. The first-order chi connectivity index (χ1) is 25.2.